The van der Waals surface area contributed by atoms with Crippen molar-refractivity contribution in [1.82, 2.24) is 14.8 Å². The van der Waals surface area contributed by atoms with Gasteiger partial charge in [-0.2, -0.15) is 9.49 Å². The summed E-state index contributed by atoms with van der Waals surface area (Å²) < 4.78 is 63.8. The van der Waals surface area contributed by atoms with Crippen molar-refractivity contribution in [2.75, 3.05) is 0 Å². The van der Waals surface area contributed by atoms with Crippen molar-refractivity contribution < 1.29 is 26.7 Å². The van der Waals surface area contributed by atoms with Crippen LogP contribution in [0.1, 0.15) is 16.8 Å². The fourth-order valence-corrected chi connectivity index (χ4v) is 4.44. The van der Waals surface area contributed by atoms with Gasteiger partial charge >= 0.3 is 12.3 Å². The van der Waals surface area contributed by atoms with Crippen LogP contribution in [0.15, 0.2) is 71.1 Å². The summed E-state index contributed by atoms with van der Waals surface area (Å²) in [4.78, 5) is 3.79. The second kappa shape index (κ2) is 8.71. The number of sulfonamides is 1. The summed E-state index contributed by atoms with van der Waals surface area (Å²) in [6.07, 6.45) is -1.67. The normalized spacial score (nSPS) is 13.9. The van der Waals surface area contributed by atoms with E-state index in [9.17, 15) is 26.7 Å². The van der Waals surface area contributed by atoms with Gasteiger partial charge in [0.15, 0.2) is 0 Å². The third-order valence-electron chi connectivity index (χ3n) is 4.82. The van der Waals surface area contributed by atoms with Crippen LogP contribution in [-0.4, -0.2) is 34.7 Å². The number of halogens is 3. The molecule has 2 heterocycles. The minimum Gasteiger partial charge on any atom is -0.353 e. The van der Waals surface area contributed by atoms with Crippen LogP contribution in [-0.2, 0) is 22.3 Å². The van der Waals surface area contributed by atoms with E-state index in [1.165, 1.54) is 16.8 Å². The number of primary sulfonamides is 1. The Morgan fingerprint density at radius 3 is 2.39 bits per heavy atom. The summed E-state index contributed by atoms with van der Waals surface area (Å²) >= 11 is 0.851. The van der Waals surface area contributed by atoms with Crippen molar-refractivity contribution in [3.63, 3.8) is 0 Å². The fraction of sp³-hybridized carbons (Fsp3) is 0.143. The molecule has 0 aliphatic carbocycles. The molecule has 0 fully saturated rings. The molecule has 2 aromatic carbocycles. The molecule has 0 bridgehead atoms. The standard InChI is InChI=1S/C21H17F3N4O3S2/c22-19(23)21(24,29)17-12-32-20(26-17)28-11-15(18(27-28)14-4-2-1-3-5-14)10-13-6-8-16(9-7-13)33(25,30)31/h1-9,11-12,19,29H,10H2,(H2,25,30,31). The van der Waals surface area contributed by atoms with Gasteiger partial charge in [-0.3, -0.25) is 0 Å². The SMILES string of the molecule is NS(=O)(=O)c1ccc(Cc2cn(-c3nc(C(O)(F)C(F)F)cs3)nc2-c2ccccc2)cc1. The summed E-state index contributed by atoms with van der Waals surface area (Å²) in [6.45, 7) is 0. The van der Waals surface area contributed by atoms with Crippen molar-refractivity contribution in [2.45, 2.75) is 23.6 Å². The van der Waals surface area contributed by atoms with E-state index in [1.807, 2.05) is 30.3 Å². The molecule has 2 aromatic heterocycles. The lowest BCUT2D eigenvalue weighted by Crippen LogP contribution is -2.29. The van der Waals surface area contributed by atoms with Crippen molar-refractivity contribution in [3.8, 4) is 16.4 Å². The van der Waals surface area contributed by atoms with Crippen LogP contribution in [0, 0.1) is 0 Å². The number of hydrogen-bond donors (Lipinski definition) is 2. The second-order valence-corrected chi connectivity index (χ2v) is 9.57. The Labute approximate surface area is 191 Å². The Morgan fingerprint density at radius 2 is 1.79 bits per heavy atom. The molecule has 33 heavy (non-hydrogen) atoms. The molecular weight excluding hydrogens is 477 g/mol. The molecule has 0 saturated carbocycles. The summed E-state index contributed by atoms with van der Waals surface area (Å²) in [5, 5.41) is 20.1. The van der Waals surface area contributed by atoms with E-state index in [-0.39, 0.29) is 10.0 Å². The van der Waals surface area contributed by atoms with Crippen molar-refractivity contribution in [3.05, 3.63) is 83.0 Å². The molecule has 7 nitrogen and oxygen atoms in total. The van der Waals surface area contributed by atoms with Crippen molar-refractivity contribution in [1.29, 1.82) is 0 Å². The molecule has 4 rings (SSSR count). The molecule has 172 valence electrons. The highest BCUT2D eigenvalue weighted by molar-refractivity contribution is 7.89. The van der Waals surface area contributed by atoms with Crippen LogP contribution in [0.3, 0.4) is 0 Å². The van der Waals surface area contributed by atoms with E-state index in [2.05, 4.69) is 10.1 Å². The van der Waals surface area contributed by atoms with Crippen LogP contribution in [0.5, 0.6) is 0 Å². The number of benzene rings is 2. The van der Waals surface area contributed by atoms with E-state index in [0.717, 1.165) is 33.4 Å². The first-order valence-electron chi connectivity index (χ1n) is 9.47. The Balaban J connectivity index is 1.72. The number of aromatic nitrogens is 3. The highest BCUT2D eigenvalue weighted by atomic mass is 32.2. The maximum Gasteiger partial charge on any atom is 0.312 e. The number of thiazole rings is 1. The van der Waals surface area contributed by atoms with Gasteiger partial charge in [0.25, 0.3) is 0 Å². The average Bonchev–Trinajstić information content (AvgIpc) is 3.42. The second-order valence-electron chi connectivity index (χ2n) is 7.17. The molecular formula is C21H17F3N4O3S2. The molecule has 1 unspecified atom stereocenters. The first kappa shape index (κ1) is 23.1. The fourth-order valence-electron chi connectivity index (χ4n) is 3.14. The molecule has 4 aromatic rings. The van der Waals surface area contributed by atoms with E-state index in [4.69, 9.17) is 5.14 Å². The van der Waals surface area contributed by atoms with E-state index < -0.39 is 28.0 Å². The van der Waals surface area contributed by atoms with Gasteiger partial charge in [0.2, 0.25) is 15.2 Å². The quantitative estimate of drug-likeness (QED) is 0.408. The summed E-state index contributed by atoms with van der Waals surface area (Å²) in [6, 6.07) is 15.2. The summed E-state index contributed by atoms with van der Waals surface area (Å²) in [7, 11) is -3.82. The molecule has 0 amide bonds. The highest BCUT2D eigenvalue weighted by Crippen LogP contribution is 2.33. The Morgan fingerprint density at radius 1 is 1.12 bits per heavy atom. The first-order valence-corrected chi connectivity index (χ1v) is 11.9. The van der Waals surface area contributed by atoms with Crippen LogP contribution >= 0.6 is 11.3 Å². The number of rotatable bonds is 7. The highest BCUT2D eigenvalue weighted by Gasteiger charge is 2.42. The zero-order valence-electron chi connectivity index (χ0n) is 16.8. The van der Waals surface area contributed by atoms with Crippen LogP contribution in [0.25, 0.3) is 16.4 Å². The van der Waals surface area contributed by atoms with Gasteiger partial charge in [-0.15, -0.1) is 11.3 Å². The summed E-state index contributed by atoms with van der Waals surface area (Å²) in [5.41, 5.74) is 2.06. The van der Waals surface area contributed by atoms with Crippen molar-refractivity contribution in [2.24, 2.45) is 5.14 Å². The van der Waals surface area contributed by atoms with E-state index >= 15 is 0 Å². The third-order valence-corrected chi connectivity index (χ3v) is 6.58. The van der Waals surface area contributed by atoms with Crippen molar-refractivity contribution >= 4 is 21.4 Å². The first-order chi connectivity index (χ1) is 15.6. The monoisotopic (exact) mass is 494 g/mol. The predicted octanol–water partition coefficient (Wildman–Crippen LogP) is 3.61. The molecule has 0 radical (unpaired) electrons. The van der Waals surface area contributed by atoms with Gasteiger partial charge in [0, 0.05) is 29.1 Å². The number of aliphatic hydroxyl groups is 1. The molecule has 1 atom stereocenters. The van der Waals surface area contributed by atoms with Crippen LogP contribution < -0.4 is 5.14 Å². The number of hydrogen-bond acceptors (Lipinski definition) is 6. The topological polar surface area (TPSA) is 111 Å². The Kier molecular flexibility index (Phi) is 6.10. The van der Waals surface area contributed by atoms with Gasteiger partial charge in [-0.05, 0) is 17.7 Å². The Hall–Kier alpha value is -3.06. The zero-order valence-corrected chi connectivity index (χ0v) is 18.4. The minimum absolute atomic E-state index is 0.0155. The number of alkyl halides is 3. The smallest absolute Gasteiger partial charge is 0.312 e. The zero-order chi connectivity index (χ0) is 23.8. The number of nitrogens with zero attached hydrogens (tertiary/aromatic N) is 3. The summed E-state index contributed by atoms with van der Waals surface area (Å²) in [5.74, 6) is -3.86. The predicted molar refractivity (Wildman–Crippen MR) is 116 cm³/mol. The Bertz CT molecular complexity index is 1370. The van der Waals surface area contributed by atoms with Gasteiger partial charge in [-0.25, -0.2) is 32.0 Å². The average molecular weight is 495 g/mol. The largest absolute Gasteiger partial charge is 0.353 e. The molecule has 0 spiro atoms. The minimum atomic E-state index is -3.86. The van der Waals surface area contributed by atoms with E-state index in [1.54, 1.807) is 18.3 Å². The van der Waals surface area contributed by atoms with E-state index in [0.29, 0.717) is 12.1 Å². The van der Waals surface area contributed by atoms with Crippen LogP contribution in [0.4, 0.5) is 13.2 Å². The molecule has 3 N–H and O–H groups in total. The lowest BCUT2D eigenvalue weighted by molar-refractivity contribution is -0.196. The van der Waals surface area contributed by atoms with Gasteiger partial charge in [0.1, 0.15) is 5.69 Å². The third kappa shape index (κ3) is 4.83. The molecule has 0 saturated heterocycles. The van der Waals surface area contributed by atoms with Crippen LogP contribution in [0.2, 0.25) is 0 Å². The molecule has 0 aliphatic rings. The van der Waals surface area contributed by atoms with Gasteiger partial charge < -0.3 is 5.11 Å². The molecule has 12 heteroatoms. The maximum atomic E-state index is 13.9. The number of nitrogens with two attached hydrogens (primary N) is 1. The maximum absolute atomic E-state index is 13.9. The lowest BCUT2D eigenvalue weighted by atomic mass is 10.0. The lowest BCUT2D eigenvalue weighted by Gasteiger charge is -2.14. The van der Waals surface area contributed by atoms with Gasteiger partial charge in [-0.1, -0.05) is 42.5 Å². The van der Waals surface area contributed by atoms with Gasteiger partial charge in [0.05, 0.1) is 10.6 Å². The molecule has 0 aliphatic heterocycles.